The number of nitrogens with zero attached hydrogens (tertiary/aromatic N) is 6. The van der Waals surface area contributed by atoms with Crippen LogP contribution in [0.5, 0.6) is 5.75 Å². The summed E-state index contributed by atoms with van der Waals surface area (Å²) in [5, 5.41) is 3.19. The first-order chi connectivity index (χ1) is 16.7. The number of halogens is 1. The molecule has 0 saturated heterocycles. The van der Waals surface area contributed by atoms with Crippen molar-refractivity contribution in [2.24, 2.45) is 7.05 Å². The lowest BCUT2D eigenvalue weighted by Gasteiger charge is -2.24. The summed E-state index contributed by atoms with van der Waals surface area (Å²) in [4.78, 5) is 26.1. The Hall–Kier alpha value is -3.57. The standard InChI is InChI=1S/C24H29BrN8O2/c1-30(2)10-11-31(3)19-14-21(35-5)17(13-16(19)26)28-23-27-9-8-22(29-23)33-18-7-6-15(25)12-20(18)32(4)24(33)34/h6-9,12-14H,10-11,26H2,1-5H3,(H,27,28,29). The van der Waals surface area contributed by atoms with Crippen LogP contribution in [0.15, 0.2) is 51.9 Å². The third-order valence-electron chi connectivity index (χ3n) is 5.78. The lowest BCUT2D eigenvalue weighted by atomic mass is 10.2. The van der Waals surface area contributed by atoms with Crippen molar-refractivity contribution in [1.29, 1.82) is 0 Å². The second kappa shape index (κ2) is 9.96. The summed E-state index contributed by atoms with van der Waals surface area (Å²) in [5.74, 6) is 1.37. The Kier molecular flexibility index (Phi) is 6.99. The molecule has 0 aliphatic carbocycles. The molecule has 184 valence electrons. The maximum Gasteiger partial charge on any atom is 0.334 e. The molecule has 10 nitrogen and oxygen atoms in total. The number of anilines is 4. The van der Waals surface area contributed by atoms with Gasteiger partial charge in [-0.05, 0) is 38.4 Å². The minimum atomic E-state index is -0.199. The van der Waals surface area contributed by atoms with Crippen LogP contribution in [-0.2, 0) is 7.05 Å². The molecule has 11 heteroatoms. The van der Waals surface area contributed by atoms with Crippen molar-refractivity contribution in [3.63, 3.8) is 0 Å². The fraction of sp³-hybridized carbons (Fsp3) is 0.292. The largest absolute Gasteiger partial charge is 0.494 e. The number of aromatic nitrogens is 4. The Labute approximate surface area is 212 Å². The van der Waals surface area contributed by atoms with Gasteiger partial charge in [-0.15, -0.1) is 0 Å². The first-order valence-corrected chi connectivity index (χ1v) is 11.8. The number of methoxy groups -OCH3 is 1. The number of fused-ring (bicyclic) bond motifs is 1. The molecule has 0 spiro atoms. The van der Waals surface area contributed by atoms with Crippen LogP contribution in [0.1, 0.15) is 0 Å². The van der Waals surface area contributed by atoms with E-state index in [1.54, 1.807) is 41.6 Å². The fourth-order valence-corrected chi connectivity index (χ4v) is 4.19. The molecule has 2 aromatic carbocycles. The average molecular weight is 541 g/mol. The molecular weight excluding hydrogens is 512 g/mol. The molecule has 0 atom stereocenters. The van der Waals surface area contributed by atoms with Gasteiger partial charge in [-0.3, -0.25) is 4.57 Å². The van der Waals surface area contributed by atoms with E-state index in [0.717, 1.165) is 34.3 Å². The Morgan fingerprint density at radius 1 is 1.11 bits per heavy atom. The van der Waals surface area contributed by atoms with Crippen LogP contribution in [0.25, 0.3) is 16.9 Å². The molecule has 0 aliphatic heterocycles. The molecule has 0 radical (unpaired) electrons. The van der Waals surface area contributed by atoms with Crippen molar-refractivity contribution in [1.82, 2.24) is 24.0 Å². The van der Waals surface area contributed by atoms with E-state index in [1.165, 1.54) is 0 Å². The molecule has 2 heterocycles. The lowest BCUT2D eigenvalue weighted by molar-refractivity contribution is 0.413. The van der Waals surface area contributed by atoms with Crippen LogP contribution in [0.4, 0.5) is 23.0 Å². The fourth-order valence-electron chi connectivity index (χ4n) is 3.84. The number of nitrogen functional groups attached to an aromatic ring is 1. The number of likely N-dealkylation sites (N-methyl/N-ethyl adjacent to an activating group) is 2. The maximum atomic E-state index is 13.0. The summed E-state index contributed by atoms with van der Waals surface area (Å²) < 4.78 is 9.66. The van der Waals surface area contributed by atoms with Crippen molar-refractivity contribution in [3.05, 3.63) is 57.6 Å². The van der Waals surface area contributed by atoms with E-state index in [-0.39, 0.29) is 5.69 Å². The predicted octanol–water partition coefficient (Wildman–Crippen LogP) is 3.21. The number of imidazole rings is 1. The van der Waals surface area contributed by atoms with E-state index in [1.807, 2.05) is 45.4 Å². The van der Waals surface area contributed by atoms with E-state index < -0.39 is 0 Å². The summed E-state index contributed by atoms with van der Waals surface area (Å²) in [6, 6.07) is 11.1. The normalized spacial score (nSPS) is 11.3. The number of rotatable bonds is 8. The Bertz CT molecular complexity index is 1430. The van der Waals surface area contributed by atoms with Gasteiger partial charge in [-0.1, -0.05) is 15.9 Å². The quantitative estimate of drug-likeness (QED) is 0.328. The molecule has 0 saturated carbocycles. The van der Waals surface area contributed by atoms with Gasteiger partial charge in [0.2, 0.25) is 5.95 Å². The third-order valence-corrected chi connectivity index (χ3v) is 6.27. The molecule has 0 amide bonds. The summed E-state index contributed by atoms with van der Waals surface area (Å²) in [6.07, 6.45) is 1.61. The highest BCUT2D eigenvalue weighted by Gasteiger charge is 2.16. The van der Waals surface area contributed by atoms with E-state index in [9.17, 15) is 4.79 Å². The highest BCUT2D eigenvalue weighted by molar-refractivity contribution is 9.10. The first-order valence-electron chi connectivity index (χ1n) is 11.0. The van der Waals surface area contributed by atoms with Crippen molar-refractivity contribution < 1.29 is 4.74 Å². The zero-order chi connectivity index (χ0) is 25.3. The van der Waals surface area contributed by atoms with Crippen molar-refractivity contribution in [2.75, 3.05) is 57.3 Å². The maximum absolute atomic E-state index is 13.0. The molecule has 0 aliphatic rings. The zero-order valence-corrected chi connectivity index (χ0v) is 22.0. The molecule has 4 aromatic rings. The van der Waals surface area contributed by atoms with E-state index in [4.69, 9.17) is 10.5 Å². The topological polar surface area (TPSA) is 106 Å². The first kappa shape index (κ1) is 24.6. The van der Waals surface area contributed by atoms with Crippen LogP contribution < -0.4 is 26.4 Å². The Morgan fingerprint density at radius 2 is 1.89 bits per heavy atom. The Balaban J connectivity index is 1.68. The molecule has 0 unspecified atom stereocenters. The molecule has 35 heavy (non-hydrogen) atoms. The number of hydrogen-bond donors (Lipinski definition) is 2. The van der Waals surface area contributed by atoms with Gasteiger partial charge < -0.3 is 25.6 Å². The highest BCUT2D eigenvalue weighted by Crippen LogP contribution is 2.36. The van der Waals surface area contributed by atoms with Gasteiger partial charge in [0.05, 0.1) is 35.2 Å². The third kappa shape index (κ3) is 4.96. The zero-order valence-electron chi connectivity index (χ0n) is 20.4. The molecular formula is C24H29BrN8O2. The van der Waals surface area contributed by atoms with Gasteiger partial charge in [0.25, 0.3) is 0 Å². The molecule has 3 N–H and O–H groups in total. The van der Waals surface area contributed by atoms with Crippen molar-refractivity contribution in [2.45, 2.75) is 0 Å². The van der Waals surface area contributed by atoms with Crippen LogP contribution in [-0.4, -0.2) is 65.3 Å². The van der Waals surface area contributed by atoms with Gasteiger partial charge in [-0.25, -0.2) is 14.3 Å². The number of nitrogens with one attached hydrogen (secondary N) is 1. The Morgan fingerprint density at radius 3 is 2.60 bits per heavy atom. The number of nitrogens with two attached hydrogens (primary N) is 1. The van der Waals surface area contributed by atoms with Crippen LogP contribution in [0, 0.1) is 0 Å². The van der Waals surface area contributed by atoms with Crippen LogP contribution in [0.3, 0.4) is 0 Å². The summed E-state index contributed by atoms with van der Waals surface area (Å²) >= 11 is 3.47. The van der Waals surface area contributed by atoms with Gasteiger partial charge in [0.15, 0.2) is 0 Å². The summed E-state index contributed by atoms with van der Waals surface area (Å²) in [7, 11) is 9.40. The van der Waals surface area contributed by atoms with E-state index in [0.29, 0.717) is 28.9 Å². The average Bonchev–Trinajstić information content (AvgIpc) is 3.07. The number of benzene rings is 2. The second-order valence-corrected chi connectivity index (χ2v) is 9.43. The molecule has 0 bridgehead atoms. The number of ether oxygens (including phenoxy) is 1. The summed E-state index contributed by atoms with van der Waals surface area (Å²) in [5.41, 5.74) is 9.82. The number of aryl methyl sites for hydroxylation is 1. The van der Waals surface area contributed by atoms with Gasteiger partial charge in [0.1, 0.15) is 11.6 Å². The SMILES string of the molecule is COc1cc(N(C)CCN(C)C)c(N)cc1Nc1nccc(-n2c(=O)n(C)c3cc(Br)ccc32)n1. The molecule has 0 fully saturated rings. The van der Waals surface area contributed by atoms with E-state index in [2.05, 4.69) is 41.0 Å². The summed E-state index contributed by atoms with van der Waals surface area (Å²) in [6.45, 7) is 1.71. The predicted molar refractivity (Wildman–Crippen MR) is 144 cm³/mol. The smallest absolute Gasteiger partial charge is 0.334 e. The van der Waals surface area contributed by atoms with E-state index >= 15 is 0 Å². The number of hydrogen-bond acceptors (Lipinski definition) is 8. The molecule has 2 aromatic heterocycles. The lowest BCUT2D eigenvalue weighted by Crippen LogP contribution is -2.29. The van der Waals surface area contributed by atoms with Gasteiger partial charge in [-0.2, -0.15) is 4.98 Å². The molecule has 4 rings (SSSR count). The van der Waals surface area contributed by atoms with Crippen LogP contribution >= 0.6 is 15.9 Å². The van der Waals surface area contributed by atoms with Gasteiger partial charge >= 0.3 is 5.69 Å². The monoisotopic (exact) mass is 540 g/mol. The van der Waals surface area contributed by atoms with Crippen LogP contribution in [0.2, 0.25) is 0 Å². The highest BCUT2D eigenvalue weighted by atomic mass is 79.9. The van der Waals surface area contributed by atoms with Crippen molar-refractivity contribution >= 4 is 50.0 Å². The minimum absolute atomic E-state index is 0.199. The minimum Gasteiger partial charge on any atom is -0.494 e. The van der Waals surface area contributed by atoms with Gasteiger partial charge in [0, 0.05) is 50.0 Å². The van der Waals surface area contributed by atoms with Crippen molar-refractivity contribution in [3.8, 4) is 11.6 Å². The second-order valence-electron chi connectivity index (χ2n) is 8.51.